The first-order valence-corrected chi connectivity index (χ1v) is 15.0. The van der Waals surface area contributed by atoms with Gasteiger partial charge in [0.25, 0.3) is 5.91 Å². The maximum Gasteiger partial charge on any atom is 0.256 e. The normalized spacial score (nSPS) is 18.1. The van der Waals surface area contributed by atoms with Gasteiger partial charge in [-0.15, -0.1) is 5.10 Å². The quantitative estimate of drug-likeness (QED) is 0.439. The Balaban J connectivity index is 1.12. The molecule has 2 aliphatic heterocycles. The molecule has 214 valence electrons. The zero-order chi connectivity index (χ0) is 27.4. The van der Waals surface area contributed by atoms with Crippen molar-refractivity contribution >= 4 is 17.7 Å². The van der Waals surface area contributed by atoms with Crippen LogP contribution in [0.1, 0.15) is 73.0 Å². The summed E-state index contributed by atoms with van der Waals surface area (Å²) >= 11 is 0. The second-order valence-electron chi connectivity index (χ2n) is 11.0. The van der Waals surface area contributed by atoms with E-state index in [4.69, 9.17) is 0 Å². The fraction of sp³-hybridized carbons (Fsp3) is 0.567. The van der Waals surface area contributed by atoms with Crippen LogP contribution in [0.15, 0.2) is 42.7 Å². The summed E-state index contributed by atoms with van der Waals surface area (Å²) in [6, 6.07) is 10.6. The third kappa shape index (κ3) is 8.24. The van der Waals surface area contributed by atoms with E-state index >= 15 is 0 Å². The predicted octanol–water partition coefficient (Wildman–Crippen LogP) is 4.13. The van der Waals surface area contributed by atoms with Crippen LogP contribution in [0, 0.1) is 5.92 Å². The summed E-state index contributed by atoms with van der Waals surface area (Å²) in [4.78, 5) is 24.9. The lowest BCUT2D eigenvalue weighted by Gasteiger charge is -2.32. The third-order valence-corrected chi connectivity index (χ3v) is 7.97. The van der Waals surface area contributed by atoms with Crippen molar-refractivity contribution in [3.05, 3.63) is 59.5 Å². The van der Waals surface area contributed by atoms with Crippen molar-refractivity contribution < 1.29 is 4.79 Å². The van der Waals surface area contributed by atoms with Gasteiger partial charge in [0.15, 0.2) is 0 Å². The molecule has 0 unspecified atom stereocenters. The highest BCUT2D eigenvalue weighted by molar-refractivity contribution is 5.98. The number of carbonyl (C=O) groups is 1. The molecule has 4 heterocycles. The first kappa shape index (κ1) is 28.0. The SMILES string of the molecule is O=C(NCC1CCN(Cc2ccccc2)CC1)c1cnc2nc1NCCCCCCn1nncc1CCCCN2. The molecule has 3 aromatic rings. The maximum absolute atomic E-state index is 13.2. The lowest BCUT2D eigenvalue weighted by molar-refractivity contribution is 0.0935. The molecule has 1 saturated heterocycles. The molecular weight excluding hydrogens is 502 g/mol. The predicted molar refractivity (Wildman–Crippen MR) is 157 cm³/mol. The van der Waals surface area contributed by atoms with Crippen LogP contribution in [0.4, 0.5) is 11.8 Å². The van der Waals surface area contributed by atoms with Gasteiger partial charge >= 0.3 is 0 Å². The summed E-state index contributed by atoms with van der Waals surface area (Å²) in [6.07, 6.45) is 13.1. The van der Waals surface area contributed by atoms with Gasteiger partial charge in [0.1, 0.15) is 11.4 Å². The van der Waals surface area contributed by atoms with Gasteiger partial charge in [0.2, 0.25) is 5.95 Å². The van der Waals surface area contributed by atoms with E-state index < -0.39 is 0 Å². The number of benzene rings is 1. The van der Waals surface area contributed by atoms with E-state index in [1.165, 1.54) is 11.3 Å². The minimum atomic E-state index is -0.102. The summed E-state index contributed by atoms with van der Waals surface area (Å²) in [5, 5.41) is 18.3. The highest BCUT2D eigenvalue weighted by Crippen LogP contribution is 2.20. The van der Waals surface area contributed by atoms with Crippen LogP contribution in [0.25, 0.3) is 0 Å². The Morgan fingerprint density at radius 3 is 2.60 bits per heavy atom. The van der Waals surface area contributed by atoms with E-state index in [1.54, 1.807) is 6.20 Å². The van der Waals surface area contributed by atoms with Gasteiger partial charge in [-0.3, -0.25) is 9.69 Å². The number of amides is 1. The van der Waals surface area contributed by atoms with Crippen LogP contribution in [0.2, 0.25) is 0 Å². The second kappa shape index (κ2) is 14.7. The zero-order valence-corrected chi connectivity index (χ0v) is 23.5. The fourth-order valence-corrected chi connectivity index (χ4v) is 5.53. The number of fused-ring (bicyclic) bond motifs is 3. The van der Waals surface area contributed by atoms with Crippen LogP contribution in [0.3, 0.4) is 0 Å². The summed E-state index contributed by atoms with van der Waals surface area (Å²) in [7, 11) is 0. The van der Waals surface area contributed by atoms with Gasteiger partial charge < -0.3 is 16.0 Å². The van der Waals surface area contributed by atoms with E-state index in [2.05, 4.69) is 76.1 Å². The average Bonchev–Trinajstić information content (AvgIpc) is 3.43. The molecule has 0 aliphatic carbocycles. The second-order valence-corrected chi connectivity index (χ2v) is 11.0. The van der Waals surface area contributed by atoms with Gasteiger partial charge in [0.05, 0.1) is 11.9 Å². The van der Waals surface area contributed by atoms with Gasteiger partial charge in [-0.1, -0.05) is 48.4 Å². The van der Waals surface area contributed by atoms with Crippen LogP contribution in [0.5, 0.6) is 0 Å². The number of aromatic nitrogens is 5. The molecule has 1 aromatic carbocycles. The number of piperidine rings is 1. The van der Waals surface area contributed by atoms with Crippen LogP contribution in [-0.2, 0) is 19.5 Å². The molecule has 5 rings (SSSR count). The van der Waals surface area contributed by atoms with Gasteiger partial charge in [-0.25, -0.2) is 9.67 Å². The Labute approximate surface area is 237 Å². The Morgan fingerprint density at radius 1 is 0.925 bits per heavy atom. The molecule has 0 spiro atoms. The van der Waals surface area contributed by atoms with E-state index in [0.29, 0.717) is 29.8 Å². The van der Waals surface area contributed by atoms with Crippen molar-refractivity contribution in [1.82, 2.24) is 35.2 Å². The molecule has 2 bridgehead atoms. The first-order chi connectivity index (χ1) is 19.7. The summed E-state index contributed by atoms with van der Waals surface area (Å²) in [6.45, 7) is 6.26. The monoisotopic (exact) mass is 545 g/mol. The fourth-order valence-electron chi connectivity index (χ4n) is 5.53. The average molecular weight is 546 g/mol. The molecule has 40 heavy (non-hydrogen) atoms. The maximum atomic E-state index is 13.2. The van der Waals surface area contributed by atoms with E-state index in [9.17, 15) is 4.79 Å². The van der Waals surface area contributed by atoms with Crippen molar-refractivity contribution in [3.63, 3.8) is 0 Å². The minimum absolute atomic E-state index is 0.102. The number of hydrogen-bond donors (Lipinski definition) is 3. The topological polar surface area (TPSA) is 113 Å². The zero-order valence-electron chi connectivity index (χ0n) is 23.5. The van der Waals surface area contributed by atoms with E-state index in [1.807, 2.05) is 6.20 Å². The Hall–Kier alpha value is -3.53. The molecule has 1 amide bonds. The molecule has 0 radical (unpaired) electrons. The molecule has 0 atom stereocenters. The molecular formula is C30H43N9O. The molecule has 0 saturated carbocycles. The van der Waals surface area contributed by atoms with Gasteiger partial charge in [-0.05, 0) is 69.5 Å². The van der Waals surface area contributed by atoms with Crippen molar-refractivity contribution in [1.29, 1.82) is 0 Å². The van der Waals surface area contributed by atoms with Crippen molar-refractivity contribution in [2.45, 2.75) is 70.9 Å². The molecule has 10 heteroatoms. The number of hydrogen-bond acceptors (Lipinski definition) is 8. The van der Waals surface area contributed by atoms with Crippen LogP contribution < -0.4 is 16.0 Å². The molecule has 2 aliphatic rings. The van der Waals surface area contributed by atoms with Crippen molar-refractivity contribution in [3.8, 4) is 0 Å². The number of anilines is 2. The lowest BCUT2D eigenvalue weighted by atomic mass is 9.96. The summed E-state index contributed by atoms with van der Waals surface area (Å²) in [5.74, 6) is 1.56. The minimum Gasteiger partial charge on any atom is -0.369 e. The number of rotatable bonds is 5. The largest absolute Gasteiger partial charge is 0.369 e. The lowest BCUT2D eigenvalue weighted by Crippen LogP contribution is -2.38. The Bertz CT molecular complexity index is 1190. The highest BCUT2D eigenvalue weighted by Gasteiger charge is 2.21. The van der Waals surface area contributed by atoms with Crippen molar-refractivity contribution in [2.24, 2.45) is 5.92 Å². The molecule has 1 fully saturated rings. The van der Waals surface area contributed by atoms with Gasteiger partial charge in [0, 0.05) is 38.9 Å². The smallest absolute Gasteiger partial charge is 0.256 e. The standard InChI is InChI=1S/C30H43N9O/c40-29(33-20-24-13-18-38(19-14-24)23-25-10-4-3-5-11-25)27-22-34-30-32-16-8-6-12-26-21-35-37-39(26)17-9-2-1-7-15-31-28(27)36-30/h3-5,10-11,21-22,24H,1-2,6-9,12-20,23H2,(H,33,40)(H2,31,32,34,36). The van der Waals surface area contributed by atoms with E-state index in [-0.39, 0.29) is 5.91 Å². The first-order valence-electron chi connectivity index (χ1n) is 15.0. The Kier molecular flexibility index (Phi) is 10.3. The summed E-state index contributed by atoms with van der Waals surface area (Å²) in [5.41, 5.74) is 3.08. The molecule has 10 nitrogen and oxygen atoms in total. The number of likely N-dealkylation sites (tertiary alicyclic amines) is 1. The van der Waals surface area contributed by atoms with Gasteiger partial charge in [-0.2, -0.15) is 4.98 Å². The number of nitrogens with one attached hydrogen (secondary N) is 3. The van der Waals surface area contributed by atoms with E-state index in [0.717, 1.165) is 97.1 Å². The number of carbonyl (C=O) groups excluding carboxylic acids is 1. The summed E-state index contributed by atoms with van der Waals surface area (Å²) < 4.78 is 2.05. The number of nitrogens with zero attached hydrogens (tertiary/aromatic N) is 6. The van der Waals surface area contributed by atoms with Crippen LogP contribution in [-0.4, -0.2) is 68.5 Å². The van der Waals surface area contributed by atoms with Crippen molar-refractivity contribution in [2.75, 3.05) is 43.4 Å². The number of aryl methyl sites for hydroxylation is 2. The van der Waals surface area contributed by atoms with Crippen LogP contribution >= 0.6 is 0 Å². The Morgan fingerprint density at radius 2 is 1.73 bits per heavy atom. The highest BCUT2D eigenvalue weighted by atomic mass is 16.1. The molecule has 3 N–H and O–H groups in total. The third-order valence-electron chi connectivity index (χ3n) is 7.97. The molecule has 2 aromatic heterocycles.